The molecule has 0 spiro atoms. The number of ether oxygens (including phenoxy) is 1. The van der Waals surface area contributed by atoms with E-state index in [1.165, 1.54) is 26.4 Å². The van der Waals surface area contributed by atoms with Gasteiger partial charge in [0.15, 0.2) is 5.11 Å². The van der Waals surface area contributed by atoms with Crippen molar-refractivity contribution in [3.8, 4) is 5.75 Å². The second-order valence-electron chi connectivity index (χ2n) is 9.18. The molecular formula is C23H34ClN5O2S. The Labute approximate surface area is 201 Å². The molecule has 0 saturated carbocycles. The van der Waals surface area contributed by atoms with Gasteiger partial charge in [0.25, 0.3) is 5.91 Å². The molecule has 3 N–H and O–H groups in total. The van der Waals surface area contributed by atoms with Crippen molar-refractivity contribution >= 4 is 40.5 Å². The standard InChI is InChI=1S/C23H34ClN5O2S/c1-31-21-14-20(25)19(24)13-18(21)22(30)26-17-5-9-27(10-6-17)15-16-3-11-29(12-4-16)23(32)28-7-2-8-28/h13-14,16-17H,2-12,15,25H2,1H3,(H,26,30). The third kappa shape index (κ3) is 5.41. The number of rotatable bonds is 5. The zero-order valence-electron chi connectivity index (χ0n) is 18.8. The number of anilines is 1. The van der Waals surface area contributed by atoms with Crippen LogP contribution in [0.3, 0.4) is 0 Å². The highest BCUT2D eigenvalue weighted by Crippen LogP contribution is 2.29. The Morgan fingerprint density at radius 3 is 2.38 bits per heavy atom. The molecule has 1 amide bonds. The molecule has 1 aromatic rings. The summed E-state index contributed by atoms with van der Waals surface area (Å²) in [6.07, 6.45) is 5.60. The van der Waals surface area contributed by atoms with Crippen LogP contribution in [0.15, 0.2) is 12.1 Å². The summed E-state index contributed by atoms with van der Waals surface area (Å²) in [5.41, 5.74) is 6.66. The molecule has 9 heteroatoms. The first-order valence-electron chi connectivity index (χ1n) is 11.6. The first-order chi connectivity index (χ1) is 15.4. The SMILES string of the molecule is COc1cc(N)c(Cl)cc1C(=O)NC1CCN(CC2CCN(C(=S)N3CCC3)CC2)CC1. The van der Waals surface area contributed by atoms with E-state index in [-0.39, 0.29) is 11.9 Å². The van der Waals surface area contributed by atoms with E-state index in [2.05, 4.69) is 20.0 Å². The lowest BCUT2D eigenvalue weighted by atomic mass is 9.94. The number of hydrogen-bond acceptors (Lipinski definition) is 5. The highest BCUT2D eigenvalue weighted by Gasteiger charge is 2.29. The summed E-state index contributed by atoms with van der Waals surface area (Å²) in [4.78, 5) is 20.1. The van der Waals surface area contributed by atoms with Crippen molar-refractivity contribution < 1.29 is 9.53 Å². The fraction of sp³-hybridized carbons (Fsp3) is 0.652. The van der Waals surface area contributed by atoms with E-state index in [1.54, 1.807) is 12.1 Å². The highest BCUT2D eigenvalue weighted by atomic mass is 35.5. The van der Waals surface area contributed by atoms with Crippen LogP contribution in [0.5, 0.6) is 5.75 Å². The molecule has 0 atom stereocenters. The van der Waals surface area contributed by atoms with Crippen molar-refractivity contribution in [3.05, 3.63) is 22.7 Å². The van der Waals surface area contributed by atoms with Crippen LogP contribution in [0.4, 0.5) is 5.69 Å². The molecular weight excluding hydrogens is 446 g/mol. The van der Waals surface area contributed by atoms with Crippen LogP contribution in [0.1, 0.15) is 42.5 Å². The molecule has 7 nitrogen and oxygen atoms in total. The molecule has 4 rings (SSSR count). The van der Waals surface area contributed by atoms with Crippen LogP contribution in [0.2, 0.25) is 5.02 Å². The van der Waals surface area contributed by atoms with Gasteiger partial charge in [-0.25, -0.2) is 0 Å². The van der Waals surface area contributed by atoms with Gasteiger partial charge < -0.3 is 30.5 Å². The predicted molar refractivity (Wildman–Crippen MR) is 132 cm³/mol. The van der Waals surface area contributed by atoms with Crippen molar-refractivity contribution in [2.75, 3.05) is 58.7 Å². The van der Waals surface area contributed by atoms with Crippen LogP contribution < -0.4 is 15.8 Å². The van der Waals surface area contributed by atoms with Gasteiger partial charge in [-0.05, 0) is 56.3 Å². The van der Waals surface area contributed by atoms with Gasteiger partial charge in [-0.15, -0.1) is 0 Å². The number of carbonyl (C=O) groups excluding carboxylic acids is 1. The number of carbonyl (C=O) groups is 1. The number of methoxy groups -OCH3 is 1. The average Bonchev–Trinajstić information content (AvgIpc) is 2.76. The van der Waals surface area contributed by atoms with E-state index in [9.17, 15) is 4.79 Å². The average molecular weight is 480 g/mol. The van der Waals surface area contributed by atoms with Crippen LogP contribution in [-0.2, 0) is 0 Å². The van der Waals surface area contributed by atoms with Gasteiger partial charge in [0.2, 0.25) is 0 Å². The lowest BCUT2D eigenvalue weighted by Crippen LogP contribution is -2.52. The maximum atomic E-state index is 12.8. The Morgan fingerprint density at radius 1 is 1.12 bits per heavy atom. The lowest BCUT2D eigenvalue weighted by molar-refractivity contribution is 0.0894. The first kappa shape index (κ1) is 23.4. The topological polar surface area (TPSA) is 74.1 Å². The van der Waals surface area contributed by atoms with Crippen molar-refractivity contribution in [1.82, 2.24) is 20.0 Å². The number of halogens is 1. The maximum Gasteiger partial charge on any atom is 0.255 e. The number of thiocarbonyl (C=S) groups is 1. The molecule has 1 aromatic carbocycles. The van der Waals surface area contributed by atoms with Gasteiger partial charge in [-0.1, -0.05) is 11.6 Å². The van der Waals surface area contributed by atoms with Crippen molar-refractivity contribution in [3.63, 3.8) is 0 Å². The third-order valence-electron chi connectivity index (χ3n) is 7.01. The minimum Gasteiger partial charge on any atom is -0.496 e. The zero-order chi connectivity index (χ0) is 22.7. The summed E-state index contributed by atoms with van der Waals surface area (Å²) in [7, 11) is 1.53. The molecule has 3 saturated heterocycles. The number of hydrogen-bond donors (Lipinski definition) is 2. The van der Waals surface area contributed by atoms with Gasteiger partial charge in [0.1, 0.15) is 5.75 Å². The predicted octanol–water partition coefficient (Wildman–Crippen LogP) is 2.83. The number of nitrogens with one attached hydrogen (secondary N) is 1. The van der Waals surface area contributed by atoms with Crippen molar-refractivity contribution in [1.29, 1.82) is 0 Å². The monoisotopic (exact) mass is 479 g/mol. The van der Waals surface area contributed by atoms with E-state index in [4.69, 9.17) is 34.3 Å². The summed E-state index contributed by atoms with van der Waals surface area (Å²) in [6.45, 7) is 7.59. The molecule has 3 heterocycles. The smallest absolute Gasteiger partial charge is 0.255 e. The highest BCUT2D eigenvalue weighted by molar-refractivity contribution is 7.80. The van der Waals surface area contributed by atoms with E-state index < -0.39 is 0 Å². The number of nitrogen functional groups attached to an aromatic ring is 1. The quantitative estimate of drug-likeness (QED) is 0.497. The summed E-state index contributed by atoms with van der Waals surface area (Å²) in [6, 6.07) is 3.34. The number of benzene rings is 1. The van der Waals surface area contributed by atoms with E-state index in [0.29, 0.717) is 22.0 Å². The minimum atomic E-state index is -0.159. The largest absolute Gasteiger partial charge is 0.496 e. The maximum absolute atomic E-state index is 12.8. The molecule has 3 fully saturated rings. The number of amides is 1. The molecule has 0 unspecified atom stereocenters. The van der Waals surface area contributed by atoms with Crippen LogP contribution >= 0.6 is 23.8 Å². The first-order valence-corrected chi connectivity index (χ1v) is 12.4. The molecule has 32 heavy (non-hydrogen) atoms. The van der Waals surface area contributed by atoms with Gasteiger partial charge in [-0.2, -0.15) is 0 Å². The van der Waals surface area contributed by atoms with Gasteiger partial charge >= 0.3 is 0 Å². The van der Waals surface area contributed by atoms with Gasteiger partial charge in [0, 0.05) is 57.9 Å². The Hall–Kier alpha value is -1.77. The van der Waals surface area contributed by atoms with Crippen LogP contribution in [-0.4, -0.2) is 84.7 Å². The Bertz CT molecular complexity index is 834. The fourth-order valence-corrected chi connectivity index (χ4v) is 5.35. The Kier molecular flexibility index (Phi) is 7.63. The molecule has 3 aliphatic rings. The zero-order valence-corrected chi connectivity index (χ0v) is 20.4. The fourth-order valence-electron chi connectivity index (χ4n) is 4.82. The third-order valence-corrected chi connectivity index (χ3v) is 7.86. The number of nitrogens with zero attached hydrogens (tertiary/aromatic N) is 3. The summed E-state index contributed by atoms with van der Waals surface area (Å²) in [5.74, 6) is 1.02. The lowest BCUT2D eigenvalue weighted by Gasteiger charge is -2.43. The second-order valence-corrected chi connectivity index (χ2v) is 9.95. The van der Waals surface area contributed by atoms with E-state index >= 15 is 0 Å². The molecule has 176 valence electrons. The molecule has 0 bridgehead atoms. The van der Waals surface area contributed by atoms with Gasteiger partial charge in [0.05, 0.1) is 23.4 Å². The summed E-state index contributed by atoms with van der Waals surface area (Å²) < 4.78 is 5.32. The minimum absolute atomic E-state index is 0.159. The van der Waals surface area contributed by atoms with Crippen molar-refractivity contribution in [2.45, 2.75) is 38.1 Å². The van der Waals surface area contributed by atoms with Crippen LogP contribution in [0.25, 0.3) is 0 Å². The normalized spacial score (nSPS) is 20.7. The number of piperidine rings is 2. The Morgan fingerprint density at radius 2 is 1.78 bits per heavy atom. The molecule has 0 radical (unpaired) electrons. The molecule has 3 aliphatic heterocycles. The Balaban J connectivity index is 1.20. The number of nitrogens with two attached hydrogens (primary N) is 1. The van der Waals surface area contributed by atoms with Gasteiger partial charge in [-0.3, -0.25) is 4.79 Å². The van der Waals surface area contributed by atoms with E-state index in [1.807, 2.05) is 0 Å². The number of likely N-dealkylation sites (tertiary alicyclic amines) is 3. The molecule has 0 aliphatic carbocycles. The van der Waals surface area contributed by atoms with Crippen molar-refractivity contribution in [2.24, 2.45) is 5.92 Å². The van der Waals surface area contributed by atoms with E-state index in [0.717, 1.165) is 69.7 Å². The molecule has 0 aromatic heterocycles. The van der Waals surface area contributed by atoms with Crippen LogP contribution in [0, 0.1) is 5.92 Å². The second kappa shape index (κ2) is 10.4. The summed E-state index contributed by atoms with van der Waals surface area (Å²) >= 11 is 11.8. The summed E-state index contributed by atoms with van der Waals surface area (Å²) in [5, 5.41) is 4.57.